The molecule has 0 radical (unpaired) electrons. The van der Waals surface area contributed by atoms with E-state index in [4.69, 9.17) is 0 Å². The van der Waals surface area contributed by atoms with Crippen molar-refractivity contribution in [1.29, 1.82) is 0 Å². The van der Waals surface area contributed by atoms with Gasteiger partial charge in [0.15, 0.2) is 5.82 Å². The van der Waals surface area contributed by atoms with Crippen LogP contribution in [0.1, 0.15) is 35.7 Å². The molecule has 1 aliphatic heterocycles. The third kappa shape index (κ3) is 3.58. The first-order valence-electron chi connectivity index (χ1n) is 8.74. The highest BCUT2D eigenvalue weighted by Gasteiger charge is 2.26. The molecule has 0 bridgehead atoms. The fraction of sp³-hybridized carbons (Fsp3) is 0.368. The molecule has 6 heteroatoms. The second-order valence-corrected chi connectivity index (χ2v) is 6.64. The van der Waals surface area contributed by atoms with Crippen molar-refractivity contribution < 1.29 is 0 Å². The van der Waals surface area contributed by atoms with E-state index in [1.54, 1.807) is 12.4 Å². The lowest BCUT2D eigenvalue weighted by molar-refractivity contribution is 0.198. The Morgan fingerprint density at radius 2 is 2.08 bits per heavy atom. The molecule has 6 nitrogen and oxygen atoms in total. The van der Waals surface area contributed by atoms with Gasteiger partial charge in [0.05, 0.1) is 5.69 Å². The Bertz CT molecular complexity index is 829. The van der Waals surface area contributed by atoms with Gasteiger partial charge in [0.25, 0.3) is 0 Å². The van der Waals surface area contributed by atoms with Crippen LogP contribution in [0.3, 0.4) is 0 Å². The Labute approximate surface area is 147 Å². The molecule has 1 fully saturated rings. The van der Waals surface area contributed by atoms with E-state index in [-0.39, 0.29) is 0 Å². The molecule has 1 atom stereocenters. The Morgan fingerprint density at radius 3 is 2.88 bits per heavy atom. The van der Waals surface area contributed by atoms with Crippen molar-refractivity contribution in [2.75, 3.05) is 13.1 Å². The molecule has 3 aromatic heterocycles. The van der Waals surface area contributed by atoms with E-state index in [2.05, 4.69) is 35.9 Å². The number of aromatic nitrogens is 5. The van der Waals surface area contributed by atoms with Gasteiger partial charge in [-0.3, -0.25) is 14.9 Å². The largest absolute Gasteiger partial charge is 0.341 e. The molecule has 128 valence electrons. The first kappa shape index (κ1) is 15.9. The molecule has 4 heterocycles. The monoisotopic (exact) mass is 334 g/mol. The van der Waals surface area contributed by atoms with Crippen LogP contribution in [-0.4, -0.2) is 42.9 Å². The molecule has 25 heavy (non-hydrogen) atoms. The first-order valence-corrected chi connectivity index (χ1v) is 8.74. The lowest BCUT2D eigenvalue weighted by Crippen LogP contribution is -2.34. The summed E-state index contributed by atoms with van der Waals surface area (Å²) in [7, 11) is 0. The molecule has 0 aromatic carbocycles. The van der Waals surface area contributed by atoms with Gasteiger partial charge >= 0.3 is 0 Å². The Balaban J connectivity index is 1.56. The number of imidazole rings is 1. The second-order valence-electron chi connectivity index (χ2n) is 6.64. The van der Waals surface area contributed by atoms with Crippen LogP contribution in [0.2, 0.25) is 0 Å². The van der Waals surface area contributed by atoms with Crippen molar-refractivity contribution >= 4 is 0 Å². The zero-order chi connectivity index (χ0) is 17.1. The number of piperidine rings is 1. The molecule has 1 aliphatic rings. The minimum absolute atomic E-state index is 0.375. The topological polar surface area (TPSA) is 70.6 Å². The molecule has 3 aromatic rings. The highest BCUT2D eigenvalue weighted by molar-refractivity contribution is 5.53. The first-order chi connectivity index (χ1) is 12.3. The molecule has 0 spiro atoms. The van der Waals surface area contributed by atoms with Crippen molar-refractivity contribution in [2.24, 2.45) is 0 Å². The maximum absolute atomic E-state index is 4.67. The number of hydrogen-bond donors (Lipinski definition) is 1. The van der Waals surface area contributed by atoms with Crippen molar-refractivity contribution in [3.05, 3.63) is 60.1 Å². The molecule has 1 N–H and O–H groups in total. The zero-order valence-corrected chi connectivity index (χ0v) is 14.4. The van der Waals surface area contributed by atoms with Crippen molar-refractivity contribution in [3.63, 3.8) is 0 Å². The van der Waals surface area contributed by atoms with Gasteiger partial charge in [-0.05, 0) is 37.9 Å². The van der Waals surface area contributed by atoms with Gasteiger partial charge in [-0.15, -0.1) is 0 Å². The molecule has 0 unspecified atom stereocenters. The minimum atomic E-state index is 0.375. The van der Waals surface area contributed by atoms with Crippen molar-refractivity contribution in [2.45, 2.75) is 32.2 Å². The van der Waals surface area contributed by atoms with Gasteiger partial charge in [0.2, 0.25) is 0 Å². The molecule has 0 saturated carbocycles. The number of aromatic amines is 1. The van der Waals surface area contributed by atoms with Crippen molar-refractivity contribution in [1.82, 2.24) is 29.8 Å². The molecular formula is C19H22N6. The van der Waals surface area contributed by atoms with E-state index in [0.29, 0.717) is 5.92 Å². The summed E-state index contributed by atoms with van der Waals surface area (Å²) >= 11 is 0. The van der Waals surface area contributed by atoms with Crippen LogP contribution in [0.15, 0.2) is 43.1 Å². The SMILES string of the molecule is Cc1cnc(-c2nccnc2[C@@H]2CCCN(Cc3cccnc3)C2)[nH]1. The third-order valence-electron chi connectivity index (χ3n) is 4.67. The molecule has 1 saturated heterocycles. The van der Waals surface area contributed by atoms with Crippen LogP contribution in [0.5, 0.6) is 0 Å². The molecule has 0 aliphatic carbocycles. The lowest BCUT2D eigenvalue weighted by atomic mass is 9.92. The van der Waals surface area contributed by atoms with E-state index in [1.165, 1.54) is 5.56 Å². The number of nitrogens with one attached hydrogen (secondary N) is 1. The predicted molar refractivity (Wildman–Crippen MR) is 95.8 cm³/mol. The molecular weight excluding hydrogens is 312 g/mol. The number of hydrogen-bond acceptors (Lipinski definition) is 5. The summed E-state index contributed by atoms with van der Waals surface area (Å²) in [5, 5.41) is 0. The van der Waals surface area contributed by atoms with Crippen LogP contribution in [-0.2, 0) is 6.54 Å². The van der Waals surface area contributed by atoms with E-state index >= 15 is 0 Å². The molecule has 4 rings (SSSR count). The normalized spacial score (nSPS) is 18.4. The van der Waals surface area contributed by atoms with E-state index in [1.807, 2.05) is 31.6 Å². The summed E-state index contributed by atoms with van der Waals surface area (Å²) in [4.78, 5) is 23.7. The lowest BCUT2D eigenvalue weighted by Gasteiger charge is -2.32. The number of H-pyrrole nitrogens is 1. The Kier molecular flexibility index (Phi) is 4.52. The van der Waals surface area contributed by atoms with E-state index in [9.17, 15) is 0 Å². The summed E-state index contributed by atoms with van der Waals surface area (Å²) in [6, 6.07) is 4.13. The number of pyridine rings is 1. The Morgan fingerprint density at radius 1 is 1.16 bits per heavy atom. The summed E-state index contributed by atoms with van der Waals surface area (Å²) in [6.45, 7) is 5.03. The number of nitrogens with zero attached hydrogens (tertiary/aromatic N) is 5. The average molecular weight is 334 g/mol. The van der Waals surface area contributed by atoms with E-state index in [0.717, 1.165) is 55.4 Å². The number of rotatable bonds is 4. The number of aryl methyl sites for hydroxylation is 1. The van der Waals surface area contributed by atoms with Gasteiger partial charge in [0.1, 0.15) is 5.69 Å². The standard InChI is InChI=1S/C19H22N6/c1-14-10-23-19(24-14)18-17(21-7-8-22-18)16-5-3-9-25(13-16)12-15-4-2-6-20-11-15/h2,4,6-8,10-11,16H,3,5,9,12-13H2,1H3,(H,23,24)/t16-/m1/s1. The van der Waals surface area contributed by atoms with Gasteiger partial charge < -0.3 is 4.98 Å². The van der Waals surface area contributed by atoms with Gasteiger partial charge in [-0.2, -0.15) is 0 Å². The van der Waals surface area contributed by atoms with Crippen LogP contribution in [0, 0.1) is 6.92 Å². The summed E-state index contributed by atoms with van der Waals surface area (Å²) in [6.07, 6.45) is 11.4. The highest BCUT2D eigenvalue weighted by atomic mass is 15.1. The van der Waals surface area contributed by atoms with E-state index < -0.39 is 0 Å². The quantitative estimate of drug-likeness (QED) is 0.794. The number of likely N-dealkylation sites (tertiary alicyclic amines) is 1. The fourth-order valence-corrected chi connectivity index (χ4v) is 3.54. The zero-order valence-electron chi connectivity index (χ0n) is 14.4. The third-order valence-corrected chi connectivity index (χ3v) is 4.67. The van der Waals surface area contributed by atoms with Crippen LogP contribution >= 0.6 is 0 Å². The second kappa shape index (κ2) is 7.11. The summed E-state index contributed by atoms with van der Waals surface area (Å²) in [5.74, 6) is 1.18. The van der Waals surface area contributed by atoms with Crippen LogP contribution in [0.4, 0.5) is 0 Å². The smallest absolute Gasteiger partial charge is 0.158 e. The van der Waals surface area contributed by atoms with Gasteiger partial charge in [-0.1, -0.05) is 6.07 Å². The average Bonchev–Trinajstić information content (AvgIpc) is 3.09. The Hall–Kier alpha value is -2.60. The van der Waals surface area contributed by atoms with Crippen LogP contribution in [0.25, 0.3) is 11.5 Å². The molecule has 0 amide bonds. The summed E-state index contributed by atoms with van der Waals surface area (Å²) < 4.78 is 0. The summed E-state index contributed by atoms with van der Waals surface area (Å²) in [5.41, 5.74) is 4.22. The maximum atomic E-state index is 4.67. The minimum Gasteiger partial charge on any atom is -0.341 e. The van der Waals surface area contributed by atoms with Gasteiger partial charge in [-0.25, -0.2) is 9.97 Å². The predicted octanol–water partition coefficient (Wildman–Crippen LogP) is 2.95. The maximum Gasteiger partial charge on any atom is 0.158 e. The fourth-order valence-electron chi connectivity index (χ4n) is 3.54. The van der Waals surface area contributed by atoms with Gasteiger partial charge in [0, 0.05) is 55.7 Å². The van der Waals surface area contributed by atoms with Crippen molar-refractivity contribution in [3.8, 4) is 11.5 Å². The van der Waals surface area contributed by atoms with Crippen LogP contribution < -0.4 is 0 Å². The highest BCUT2D eigenvalue weighted by Crippen LogP contribution is 2.31.